The molecule has 0 radical (unpaired) electrons. The quantitative estimate of drug-likeness (QED) is 0.637. The number of aryl methyl sites for hydroxylation is 1. The Hall–Kier alpha value is -3.55. The topological polar surface area (TPSA) is 98.4 Å². The molecule has 0 aliphatic carbocycles. The van der Waals surface area contributed by atoms with Crippen LogP contribution < -0.4 is 15.4 Å². The van der Waals surface area contributed by atoms with Crippen molar-refractivity contribution in [3.8, 4) is 5.75 Å². The molecule has 3 aromatic rings. The maximum absolute atomic E-state index is 12.1. The molecule has 0 unspecified atom stereocenters. The van der Waals surface area contributed by atoms with E-state index in [1.807, 2.05) is 6.07 Å². The molecule has 27 heavy (non-hydrogen) atoms. The molecule has 0 fully saturated rings. The Morgan fingerprint density at radius 3 is 2.59 bits per heavy atom. The zero-order valence-corrected chi connectivity index (χ0v) is 14.8. The fraction of sp³-hybridized carbons (Fsp3) is 0.211. The average Bonchev–Trinajstić information content (AvgIpc) is 3.33. The van der Waals surface area contributed by atoms with Crippen molar-refractivity contribution in [3.05, 3.63) is 60.8 Å². The van der Waals surface area contributed by atoms with Crippen molar-refractivity contribution in [2.45, 2.75) is 19.4 Å². The molecule has 8 heteroatoms. The summed E-state index contributed by atoms with van der Waals surface area (Å²) in [5, 5.41) is 9.62. The normalized spacial score (nSPS) is 10.4. The van der Waals surface area contributed by atoms with Crippen LogP contribution in [-0.2, 0) is 22.6 Å². The van der Waals surface area contributed by atoms with E-state index in [4.69, 9.17) is 9.15 Å². The molecule has 1 aromatic carbocycles. The molecule has 2 aromatic heterocycles. The molecule has 3 rings (SSSR count). The van der Waals surface area contributed by atoms with Crippen molar-refractivity contribution < 1.29 is 18.7 Å². The lowest BCUT2D eigenvalue weighted by Gasteiger charge is -2.06. The van der Waals surface area contributed by atoms with Gasteiger partial charge in [-0.2, -0.15) is 5.10 Å². The van der Waals surface area contributed by atoms with Gasteiger partial charge in [0, 0.05) is 24.7 Å². The SMILES string of the molecule is COc1ccc(NC(=O)Cn2cc(NC(=O)CCc3ccco3)cn2)cc1. The number of nitrogens with one attached hydrogen (secondary N) is 2. The first-order valence-corrected chi connectivity index (χ1v) is 8.41. The van der Waals surface area contributed by atoms with Crippen molar-refractivity contribution in [1.29, 1.82) is 0 Å². The number of furan rings is 1. The molecule has 0 bridgehead atoms. The smallest absolute Gasteiger partial charge is 0.246 e. The lowest BCUT2D eigenvalue weighted by Crippen LogP contribution is -2.19. The van der Waals surface area contributed by atoms with Gasteiger partial charge in [0.05, 0.1) is 25.3 Å². The third-order valence-corrected chi connectivity index (χ3v) is 3.77. The summed E-state index contributed by atoms with van der Waals surface area (Å²) in [4.78, 5) is 24.1. The third-order valence-electron chi connectivity index (χ3n) is 3.77. The van der Waals surface area contributed by atoms with Gasteiger partial charge in [-0.05, 0) is 36.4 Å². The van der Waals surface area contributed by atoms with Gasteiger partial charge in [-0.15, -0.1) is 0 Å². The third kappa shape index (κ3) is 5.46. The lowest BCUT2D eigenvalue weighted by molar-refractivity contribution is -0.117. The summed E-state index contributed by atoms with van der Waals surface area (Å²) in [5.41, 5.74) is 1.20. The number of nitrogens with zero attached hydrogens (tertiary/aromatic N) is 2. The molecule has 2 N–H and O–H groups in total. The number of ether oxygens (including phenoxy) is 1. The molecular formula is C19H20N4O4. The van der Waals surface area contributed by atoms with Crippen molar-refractivity contribution in [2.75, 3.05) is 17.7 Å². The van der Waals surface area contributed by atoms with Crippen LogP contribution in [0.2, 0.25) is 0 Å². The zero-order valence-electron chi connectivity index (χ0n) is 14.8. The molecule has 0 spiro atoms. The number of hydrogen-bond acceptors (Lipinski definition) is 5. The number of hydrogen-bond donors (Lipinski definition) is 2. The van der Waals surface area contributed by atoms with E-state index in [0.717, 1.165) is 5.76 Å². The van der Waals surface area contributed by atoms with E-state index < -0.39 is 0 Å². The maximum Gasteiger partial charge on any atom is 0.246 e. The molecule has 8 nitrogen and oxygen atoms in total. The number of amides is 2. The summed E-state index contributed by atoms with van der Waals surface area (Å²) in [6.45, 7) is 0.0360. The first kappa shape index (κ1) is 18.2. The highest BCUT2D eigenvalue weighted by molar-refractivity contribution is 5.91. The molecule has 2 heterocycles. The Morgan fingerprint density at radius 2 is 1.89 bits per heavy atom. The summed E-state index contributed by atoms with van der Waals surface area (Å²) in [7, 11) is 1.58. The summed E-state index contributed by atoms with van der Waals surface area (Å²) in [6, 6.07) is 10.6. The van der Waals surface area contributed by atoms with Gasteiger partial charge in [0.25, 0.3) is 0 Å². The highest BCUT2D eigenvalue weighted by Crippen LogP contribution is 2.15. The number of carbonyl (C=O) groups is 2. The second kappa shape index (κ2) is 8.70. The molecule has 0 atom stereocenters. The number of benzene rings is 1. The standard InChI is InChI=1S/C19H20N4O4/c1-26-16-6-4-14(5-7-16)21-19(25)13-23-12-15(11-20-23)22-18(24)9-8-17-3-2-10-27-17/h2-7,10-12H,8-9,13H2,1H3,(H,21,25)(H,22,24). The monoisotopic (exact) mass is 368 g/mol. The minimum absolute atomic E-state index is 0.0360. The summed E-state index contributed by atoms with van der Waals surface area (Å²) >= 11 is 0. The van der Waals surface area contributed by atoms with Crippen LogP contribution in [0.3, 0.4) is 0 Å². The molecule has 0 aliphatic rings. The van der Waals surface area contributed by atoms with Crippen LogP contribution in [0.1, 0.15) is 12.2 Å². The number of aromatic nitrogens is 2. The van der Waals surface area contributed by atoms with Crippen LogP contribution >= 0.6 is 0 Å². The van der Waals surface area contributed by atoms with E-state index >= 15 is 0 Å². The molecule has 0 aliphatic heterocycles. The van der Waals surface area contributed by atoms with Crippen LogP contribution in [0.4, 0.5) is 11.4 Å². The molecule has 2 amide bonds. The van der Waals surface area contributed by atoms with Gasteiger partial charge in [0.2, 0.25) is 11.8 Å². The highest BCUT2D eigenvalue weighted by atomic mass is 16.5. The number of methoxy groups -OCH3 is 1. The van der Waals surface area contributed by atoms with Gasteiger partial charge < -0.3 is 19.8 Å². The predicted molar refractivity (Wildman–Crippen MR) is 99.5 cm³/mol. The van der Waals surface area contributed by atoms with E-state index in [1.54, 1.807) is 49.9 Å². The summed E-state index contributed by atoms with van der Waals surface area (Å²) < 4.78 is 11.7. The second-order valence-electron chi connectivity index (χ2n) is 5.83. The van der Waals surface area contributed by atoms with Gasteiger partial charge in [0.1, 0.15) is 18.1 Å². The Balaban J connectivity index is 1.46. The maximum atomic E-state index is 12.1. The van der Waals surface area contributed by atoms with Crippen molar-refractivity contribution in [2.24, 2.45) is 0 Å². The number of rotatable bonds is 8. The molecular weight excluding hydrogens is 348 g/mol. The van der Waals surface area contributed by atoms with Gasteiger partial charge >= 0.3 is 0 Å². The van der Waals surface area contributed by atoms with Gasteiger partial charge in [-0.1, -0.05) is 0 Å². The van der Waals surface area contributed by atoms with Crippen LogP contribution in [0.5, 0.6) is 5.75 Å². The summed E-state index contributed by atoms with van der Waals surface area (Å²) in [5.74, 6) is 1.11. The van der Waals surface area contributed by atoms with Crippen LogP contribution in [0.25, 0.3) is 0 Å². The van der Waals surface area contributed by atoms with E-state index in [9.17, 15) is 9.59 Å². The van der Waals surface area contributed by atoms with Gasteiger partial charge in [-0.3, -0.25) is 14.3 Å². The molecule has 140 valence electrons. The van der Waals surface area contributed by atoms with E-state index in [0.29, 0.717) is 30.0 Å². The minimum Gasteiger partial charge on any atom is -0.497 e. The van der Waals surface area contributed by atoms with Crippen molar-refractivity contribution >= 4 is 23.2 Å². The van der Waals surface area contributed by atoms with E-state index in [1.165, 1.54) is 10.9 Å². The largest absolute Gasteiger partial charge is 0.497 e. The molecule has 0 saturated carbocycles. The molecule has 0 saturated heterocycles. The highest BCUT2D eigenvalue weighted by Gasteiger charge is 2.09. The van der Waals surface area contributed by atoms with E-state index in [-0.39, 0.29) is 18.4 Å². The Morgan fingerprint density at radius 1 is 1.11 bits per heavy atom. The predicted octanol–water partition coefficient (Wildman–Crippen LogP) is 2.69. The van der Waals surface area contributed by atoms with Crippen LogP contribution in [0, 0.1) is 0 Å². The van der Waals surface area contributed by atoms with E-state index in [2.05, 4.69) is 15.7 Å². The summed E-state index contributed by atoms with van der Waals surface area (Å²) in [6.07, 6.45) is 5.52. The Labute approximate surface area is 156 Å². The van der Waals surface area contributed by atoms with Crippen molar-refractivity contribution in [3.63, 3.8) is 0 Å². The van der Waals surface area contributed by atoms with Crippen molar-refractivity contribution in [1.82, 2.24) is 9.78 Å². The fourth-order valence-electron chi connectivity index (χ4n) is 2.45. The first-order valence-electron chi connectivity index (χ1n) is 8.41. The van der Waals surface area contributed by atoms with Crippen LogP contribution in [-0.4, -0.2) is 28.7 Å². The van der Waals surface area contributed by atoms with Gasteiger partial charge in [0.15, 0.2) is 0 Å². The lowest BCUT2D eigenvalue weighted by atomic mass is 10.2. The number of carbonyl (C=O) groups excluding carboxylic acids is 2. The first-order chi connectivity index (χ1) is 13.1. The van der Waals surface area contributed by atoms with Crippen LogP contribution in [0.15, 0.2) is 59.5 Å². The Bertz CT molecular complexity index is 885. The average molecular weight is 368 g/mol. The number of anilines is 2. The minimum atomic E-state index is -0.223. The second-order valence-corrected chi connectivity index (χ2v) is 5.83. The zero-order chi connectivity index (χ0) is 19.1. The van der Waals surface area contributed by atoms with Gasteiger partial charge in [-0.25, -0.2) is 0 Å². The fourth-order valence-corrected chi connectivity index (χ4v) is 2.45. The Kier molecular flexibility index (Phi) is 5.88.